The van der Waals surface area contributed by atoms with Gasteiger partial charge >= 0.3 is 0 Å². The summed E-state index contributed by atoms with van der Waals surface area (Å²) >= 11 is 3.48. The molecule has 0 spiro atoms. The fraction of sp³-hybridized carbons (Fsp3) is 0.235. The normalized spacial score (nSPS) is 11.0. The van der Waals surface area contributed by atoms with Gasteiger partial charge in [-0.2, -0.15) is 5.10 Å². The van der Waals surface area contributed by atoms with E-state index in [9.17, 15) is 0 Å². The third-order valence-corrected chi connectivity index (χ3v) is 3.21. The molecule has 0 fully saturated rings. The minimum absolute atomic E-state index is 0.487. The molecule has 0 saturated heterocycles. The number of halogens is 1. The van der Waals surface area contributed by atoms with Crippen LogP contribution < -0.4 is 10.2 Å². The fourth-order valence-corrected chi connectivity index (χ4v) is 2.08. The van der Waals surface area contributed by atoms with Crippen LogP contribution in [0.25, 0.3) is 0 Å². The van der Waals surface area contributed by atoms with E-state index in [0.29, 0.717) is 12.5 Å². The molecule has 3 nitrogen and oxygen atoms in total. The van der Waals surface area contributed by atoms with Gasteiger partial charge in [0.1, 0.15) is 5.75 Å². The average Bonchev–Trinajstić information content (AvgIpc) is 2.47. The molecule has 0 atom stereocenters. The highest BCUT2D eigenvalue weighted by Crippen LogP contribution is 2.22. The Morgan fingerprint density at radius 3 is 2.67 bits per heavy atom. The second-order valence-electron chi connectivity index (χ2n) is 5.12. The van der Waals surface area contributed by atoms with Gasteiger partial charge in [0, 0.05) is 10.0 Å². The molecule has 0 bridgehead atoms. The number of hydrazone groups is 1. The van der Waals surface area contributed by atoms with E-state index in [2.05, 4.69) is 40.3 Å². The Hall–Kier alpha value is -1.81. The minimum atomic E-state index is 0.487. The summed E-state index contributed by atoms with van der Waals surface area (Å²) in [6, 6.07) is 15.8. The van der Waals surface area contributed by atoms with Crippen molar-refractivity contribution in [2.75, 3.05) is 12.0 Å². The van der Waals surface area contributed by atoms with E-state index >= 15 is 0 Å². The molecular formula is C17H19BrN2O. The first-order chi connectivity index (χ1) is 10.1. The third-order valence-electron chi connectivity index (χ3n) is 2.72. The summed E-state index contributed by atoms with van der Waals surface area (Å²) in [6.45, 7) is 4.95. The van der Waals surface area contributed by atoms with Crippen LogP contribution in [-0.2, 0) is 0 Å². The zero-order valence-electron chi connectivity index (χ0n) is 12.2. The maximum atomic E-state index is 5.82. The van der Waals surface area contributed by atoms with Crippen LogP contribution >= 0.6 is 15.9 Å². The van der Waals surface area contributed by atoms with Crippen molar-refractivity contribution < 1.29 is 4.74 Å². The van der Waals surface area contributed by atoms with Crippen molar-refractivity contribution in [2.24, 2.45) is 11.0 Å². The van der Waals surface area contributed by atoms with E-state index in [1.54, 1.807) is 6.21 Å². The number of anilines is 1. The van der Waals surface area contributed by atoms with Crippen molar-refractivity contribution in [3.8, 4) is 5.75 Å². The molecule has 4 heteroatoms. The lowest BCUT2D eigenvalue weighted by molar-refractivity contribution is 0.270. The molecule has 0 aliphatic heterocycles. The van der Waals surface area contributed by atoms with Crippen LogP contribution in [-0.4, -0.2) is 12.8 Å². The van der Waals surface area contributed by atoms with Crippen molar-refractivity contribution in [2.45, 2.75) is 13.8 Å². The molecule has 2 aromatic rings. The maximum absolute atomic E-state index is 5.82. The number of rotatable bonds is 6. The first-order valence-electron chi connectivity index (χ1n) is 6.91. The fourth-order valence-electron chi connectivity index (χ4n) is 1.70. The summed E-state index contributed by atoms with van der Waals surface area (Å²) in [5.74, 6) is 1.33. The van der Waals surface area contributed by atoms with E-state index in [1.807, 2.05) is 48.5 Å². The van der Waals surface area contributed by atoms with Gasteiger partial charge in [0.2, 0.25) is 0 Å². The first kappa shape index (κ1) is 15.6. The van der Waals surface area contributed by atoms with Crippen LogP contribution in [0.4, 0.5) is 5.69 Å². The molecular weight excluding hydrogens is 328 g/mol. The highest BCUT2D eigenvalue weighted by molar-refractivity contribution is 9.10. The van der Waals surface area contributed by atoms with E-state index in [-0.39, 0.29) is 0 Å². The summed E-state index contributed by atoms with van der Waals surface area (Å²) < 4.78 is 6.82. The zero-order chi connectivity index (χ0) is 15.1. The molecule has 0 heterocycles. The molecule has 0 unspecified atom stereocenters. The van der Waals surface area contributed by atoms with Crippen molar-refractivity contribution in [3.63, 3.8) is 0 Å². The summed E-state index contributed by atoms with van der Waals surface area (Å²) in [6.07, 6.45) is 1.77. The second-order valence-corrected chi connectivity index (χ2v) is 6.04. The highest BCUT2D eigenvalue weighted by Gasteiger charge is 2.04. The summed E-state index contributed by atoms with van der Waals surface area (Å²) in [5.41, 5.74) is 4.89. The van der Waals surface area contributed by atoms with Gasteiger partial charge in [-0.15, -0.1) is 0 Å². The highest BCUT2D eigenvalue weighted by atomic mass is 79.9. The molecule has 0 amide bonds. The SMILES string of the molecule is CC(C)COc1ccc(Br)cc1C=NNc1ccccc1. The molecule has 0 radical (unpaired) electrons. The Morgan fingerprint density at radius 1 is 1.19 bits per heavy atom. The quantitative estimate of drug-likeness (QED) is 0.594. The van der Waals surface area contributed by atoms with Gasteiger partial charge in [0.15, 0.2) is 0 Å². The van der Waals surface area contributed by atoms with E-state index in [0.717, 1.165) is 21.5 Å². The number of ether oxygens (including phenoxy) is 1. The number of nitrogens with zero attached hydrogens (tertiary/aromatic N) is 1. The number of benzene rings is 2. The van der Waals surface area contributed by atoms with Crippen LogP contribution in [0.1, 0.15) is 19.4 Å². The first-order valence-corrected chi connectivity index (χ1v) is 7.71. The lowest BCUT2D eigenvalue weighted by atomic mass is 10.2. The van der Waals surface area contributed by atoms with Gasteiger partial charge in [0.05, 0.1) is 18.5 Å². The van der Waals surface area contributed by atoms with E-state index < -0.39 is 0 Å². The van der Waals surface area contributed by atoms with Crippen molar-refractivity contribution in [3.05, 3.63) is 58.6 Å². The van der Waals surface area contributed by atoms with E-state index in [1.165, 1.54) is 0 Å². The zero-order valence-corrected chi connectivity index (χ0v) is 13.8. The largest absolute Gasteiger partial charge is 0.493 e. The van der Waals surface area contributed by atoms with Gasteiger partial charge in [-0.1, -0.05) is 48.0 Å². The lowest BCUT2D eigenvalue weighted by Gasteiger charge is -2.11. The Kier molecular flexibility index (Phi) is 5.81. The van der Waals surface area contributed by atoms with Gasteiger partial charge in [-0.25, -0.2) is 0 Å². The molecule has 110 valence electrons. The lowest BCUT2D eigenvalue weighted by Crippen LogP contribution is -2.06. The van der Waals surface area contributed by atoms with Crippen LogP contribution in [0.5, 0.6) is 5.75 Å². The standard InChI is InChI=1S/C17H19BrN2O/c1-13(2)12-21-17-9-8-15(18)10-14(17)11-19-20-16-6-4-3-5-7-16/h3-11,13,20H,12H2,1-2H3. The monoisotopic (exact) mass is 346 g/mol. The smallest absolute Gasteiger partial charge is 0.128 e. The van der Waals surface area contributed by atoms with Gasteiger partial charge in [0.25, 0.3) is 0 Å². The molecule has 21 heavy (non-hydrogen) atoms. The van der Waals surface area contributed by atoms with Crippen molar-refractivity contribution >= 4 is 27.8 Å². The van der Waals surface area contributed by atoms with E-state index in [4.69, 9.17) is 4.74 Å². The number of hydrogen-bond acceptors (Lipinski definition) is 3. The van der Waals surface area contributed by atoms with Gasteiger partial charge < -0.3 is 4.74 Å². The van der Waals surface area contributed by atoms with Crippen LogP contribution in [0.3, 0.4) is 0 Å². The second kappa shape index (κ2) is 7.84. The molecule has 0 aromatic heterocycles. The van der Waals surface area contributed by atoms with Crippen molar-refractivity contribution in [1.82, 2.24) is 0 Å². The summed E-state index contributed by atoms with van der Waals surface area (Å²) in [4.78, 5) is 0. The molecule has 1 N–H and O–H groups in total. The predicted octanol–water partition coefficient (Wildman–Crippen LogP) is 4.93. The molecule has 0 aliphatic rings. The summed E-state index contributed by atoms with van der Waals surface area (Å²) in [7, 11) is 0. The molecule has 2 rings (SSSR count). The number of nitrogens with one attached hydrogen (secondary N) is 1. The number of para-hydroxylation sites is 1. The molecule has 0 aliphatic carbocycles. The topological polar surface area (TPSA) is 33.6 Å². The molecule has 0 saturated carbocycles. The predicted molar refractivity (Wildman–Crippen MR) is 92.1 cm³/mol. The third kappa shape index (κ3) is 5.23. The maximum Gasteiger partial charge on any atom is 0.128 e. The Morgan fingerprint density at radius 2 is 1.95 bits per heavy atom. The van der Waals surface area contributed by atoms with Gasteiger partial charge in [-0.05, 0) is 36.2 Å². The van der Waals surface area contributed by atoms with Crippen LogP contribution in [0, 0.1) is 5.92 Å². The minimum Gasteiger partial charge on any atom is -0.493 e. The Balaban J connectivity index is 2.08. The van der Waals surface area contributed by atoms with Crippen LogP contribution in [0.2, 0.25) is 0 Å². The Labute approximate surface area is 134 Å². The molecule has 2 aromatic carbocycles. The van der Waals surface area contributed by atoms with Crippen molar-refractivity contribution in [1.29, 1.82) is 0 Å². The van der Waals surface area contributed by atoms with Gasteiger partial charge in [-0.3, -0.25) is 5.43 Å². The van der Waals surface area contributed by atoms with Crippen LogP contribution in [0.15, 0.2) is 58.1 Å². The Bertz CT molecular complexity index is 597. The average molecular weight is 347 g/mol. The summed E-state index contributed by atoms with van der Waals surface area (Å²) in [5, 5.41) is 4.26. The number of hydrogen-bond donors (Lipinski definition) is 1.